The van der Waals surface area contributed by atoms with Gasteiger partial charge in [0.2, 0.25) is 0 Å². The molecule has 0 aliphatic rings. The zero-order valence-electron chi connectivity index (χ0n) is 7.91. The Kier molecular flexibility index (Phi) is 2.70. The average molecular weight is 168 g/mol. The molecular weight excluding hydrogens is 152 g/mol. The van der Waals surface area contributed by atoms with Crippen molar-refractivity contribution in [2.45, 2.75) is 20.0 Å². The molecule has 0 aliphatic heterocycles. The monoisotopic (exact) mass is 168 g/mol. The van der Waals surface area contributed by atoms with Crippen LogP contribution in [0.2, 0.25) is 0 Å². The summed E-state index contributed by atoms with van der Waals surface area (Å²) in [5, 5.41) is 0. The summed E-state index contributed by atoms with van der Waals surface area (Å²) in [6, 6.07) is 0. The number of aromatic nitrogens is 2. The lowest BCUT2D eigenvalue weighted by Gasteiger charge is -2.09. The second-order valence-corrected chi connectivity index (χ2v) is 3.11. The molecule has 0 atom stereocenters. The van der Waals surface area contributed by atoms with Crippen molar-refractivity contribution in [2.24, 2.45) is 0 Å². The van der Waals surface area contributed by atoms with Crippen LogP contribution in [-0.4, -0.2) is 28.5 Å². The Labute approximate surface area is 73.0 Å². The first kappa shape index (κ1) is 9.06. The summed E-state index contributed by atoms with van der Waals surface area (Å²) in [5.41, 5.74) is 5.58. The summed E-state index contributed by atoms with van der Waals surface area (Å²) < 4.78 is 2.06. The lowest BCUT2D eigenvalue weighted by atomic mass is 10.5. The maximum atomic E-state index is 5.58. The number of hydrogen-bond donors (Lipinski definition) is 1. The summed E-state index contributed by atoms with van der Waals surface area (Å²) in [5.74, 6) is 1.63. The van der Waals surface area contributed by atoms with Crippen LogP contribution in [0.15, 0.2) is 6.20 Å². The smallest absolute Gasteiger partial charge is 0.141 e. The fraction of sp³-hybridized carbons (Fsp3) is 0.625. The van der Waals surface area contributed by atoms with Gasteiger partial charge in [-0.3, -0.25) is 0 Å². The van der Waals surface area contributed by atoms with E-state index in [1.54, 1.807) is 0 Å². The quantitative estimate of drug-likeness (QED) is 0.717. The minimum absolute atomic E-state index is 0.605. The maximum absolute atomic E-state index is 5.58. The third kappa shape index (κ3) is 1.98. The minimum Gasteiger partial charge on any atom is -0.382 e. The molecule has 4 heteroatoms. The molecule has 0 unspecified atom stereocenters. The lowest BCUT2D eigenvalue weighted by molar-refractivity contribution is 0.382. The molecule has 0 bridgehead atoms. The van der Waals surface area contributed by atoms with Gasteiger partial charge in [0.1, 0.15) is 11.6 Å². The SMILES string of the molecule is CCn1cc(N)nc1CN(C)C. The molecule has 0 fully saturated rings. The van der Waals surface area contributed by atoms with Gasteiger partial charge in [-0.05, 0) is 21.0 Å². The molecule has 1 aromatic rings. The molecule has 68 valence electrons. The number of imidazole rings is 1. The number of anilines is 1. The molecular formula is C8H16N4. The van der Waals surface area contributed by atoms with Crippen LogP contribution >= 0.6 is 0 Å². The van der Waals surface area contributed by atoms with Crippen LogP contribution in [0.5, 0.6) is 0 Å². The van der Waals surface area contributed by atoms with Gasteiger partial charge in [0.25, 0.3) is 0 Å². The number of nitrogen functional groups attached to an aromatic ring is 1. The van der Waals surface area contributed by atoms with Crippen LogP contribution < -0.4 is 5.73 Å². The van der Waals surface area contributed by atoms with E-state index in [0.717, 1.165) is 18.9 Å². The van der Waals surface area contributed by atoms with Gasteiger partial charge < -0.3 is 15.2 Å². The Balaban J connectivity index is 2.81. The summed E-state index contributed by atoms with van der Waals surface area (Å²) in [4.78, 5) is 6.30. The van der Waals surface area contributed by atoms with E-state index in [2.05, 4.69) is 21.4 Å². The fourth-order valence-corrected chi connectivity index (χ4v) is 1.16. The summed E-state index contributed by atoms with van der Waals surface area (Å²) in [6.45, 7) is 3.85. The summed E-state index contributed by atoms with van der Waals surface area (Å²) in [6.07, 6.45) is 1.87. The van der Waals surface area contributed by atoms with Crippen LogP contribution in [0.1, 0.15) is 12.7 Å². The second kappa shape index (κ2) is 3.58. The van der Waals surface area contributed by atoms with Gasteiger partial charge in [-0.2, -0.15) is 0 Å². The Morgan fingerprint density at radius 2 is 2.25 bits per heavy atom. The molecule has 0 radical (unpaired) electrons. The molecule has 0 aromatic carbocycles. The van der Waals surface area contributed by atoms with Gasteiger partial charge >= 0.3 is 0 Å². The number of aryl methyl sites for hydroxylation is 1. The summed E-state index contributed by atoms with van der Waals surface area (Å²) >= 11 is 0. The van der Waals surface area contributed by atoms with Crippen molar-refractivity contribution < 1.29 is 0 Å². The van der Waals surface area contributed by atoms with Crippen molar-refractivity contribution in [1.82, 2.24) is 14.5 Å². The van der Waals surface area contributed by atoms with E-state index < -0.39 is 0 Å². The predicted octanol–water partition coefficient (Wildman–Crippen LogP) is 0.547. The highest BCUT2D eigenvalue weighted by Gasteiger charge is 2.04. The highest BCUT2D eigenvalue weighted by molar-refractivity contribution is 5.25. The van der Waals surface area contributed by atoms with Crippen molar-refractivity contribution >= 4 is 5.82 Å². The van der Waals surface area contributed by atoms with Gasteiger partial charge in [-0.1, -0.05) is 0 Å². The molecule has 0 saturated carbocycles. The molecule has 0 saturated heterocycles. The molecule has 0 aliphatic carbocycles. The third-order valence-corrected chi connectivity index (χ3v) is 1.68. The van der Waals surface area contributed by atoms with Gasteiger partial charge in [0.05, 0.1) is 6.54 Å². The van der Waals surface area contributed by atoms with Crippen molar-refractivity contribution in [1.29, 1.82) is 0 Å². The zero-order chi connectivity index (χ0) is 9.14. The van der Waals surface area contributed by atoms with E-state index in [9.17, 15) is 0 Å². The van der Waals surface area contributed by atoms with Gasteiger partial charge in [-0.25, -0.2) is 4.98 Å². The van der Waals surface area contributed by atoms with E-state index in [0.29, 0.717) is 5.82 Å². The first-order chi connectivity index (χ1) is 5.63. The Bertz CT molecular complexity index is 252. The van der Waals surface area contributed by atoms with Crippen LogP contribution in [0, 0.1) is 0 Å². The van der Waals surface area contributed by atoms with Crippen LogP contribution in [0.25, 0.3) is 0 Å². The first-order valence-electron chi connectivity index (χ1n) is 4.09. The van der Waals surface area contributed by atoms with Crippen LogP contribution in [-0.2, 0) is 13.1 Å². The second-order valence-electron chi connectivity index (χ2n) is 3.11. The average Bonchev–Trinajstić information content (AvgIpc) is 2.29. The number of rotatable bonds is 3. The maximum Gasteiger partial charge on any atom is 0.141 e. The van der Waals surface area contributed by atoms with E-state index in [1.165, 1.54) is 0 Å². The van der Waals surface area contributed by atoms with Crippen molar-refractivity contribution in [2.75, 3.05) is 19.8 Å². The molecule has 1 heterocycles. The molecule has 0 spiro atoms. The number of nitrogens with two attached hydrogens (primary N) is 1. The molecule has 12 heavy (non-hydrogen) atoms. The van der Waals surface area contributed by atoms with Gasteiger partial charge in [-0.15, -0.1) is 0 Å². The van der Waals surface area contributed by atoms with Gasteiger partial charge in [0, 0.05) is 12.7 Å². The van der Waals surface area contributed by atoms with E-state index >= 15 is 0 Å². The van der Waals surface area contributed by atoms with Crippen LogP contribution in [0.4, 0.5) is 5.82 Å². The zero-order valence-corrected chi connectivity index (χ0v) is 7.91. The minimum atomic E-state index is 0.605. The Hall–Kier alpha value is -1.03. The first-order valence-corrected chi connectivity index (χ1v) is 4.09. The Morgan fingerprint density at radius 1 is 1.58 bits per heavy atom. The van der Waals surface area contributed by atoms with Crippen LogP contribution in [0.3, 0.4) is 0 Å². The highest BCUT2D eigenvalue weighted by atomic mass is 15.2. The molecule has 1 rings (SSSR count). The van der Waals surface area contributed by atoms with Crippen molar-refractivity contribution in [3.8, 4) is 0 Å². The highest BCUT2D eigenvalue weighted by Crippen LogP contribution is 2.05. The number of nitrogens with zero attached hydrogens (tertiary/aromatic N) is 3. The van der Waals surface area contributed by atoms with E-state index in [-0.39, 0.29) is 0 Å². The summed E-state index contributed by atoms with van der Waals surface area (Å²) in [7, 11) is 4.04. The van der Waals surface area contributed by atoms with Gasteiger partial charge in [0.15, 0.2) is 0 Å². The van der Waals surface area contributed by atoms with Crippen molar-refractivity contribution in [3.63, 3.8) is 0 Å². The largest absolute Gasteiger partial charge is 0.382 e. The topological polar surface area (TPSA) is 47.1 Å². The lowest BCUT2D eigenvalue weighted by Crippen LogP contribution is -2.15. The third-order valence-electron chi connectivity index (χ3n) is 1.68. The van der Waals surface area contributed by atoms with Crippen molar-refractivity contribution in [3.05, 3.63) is 12.0 Å². The molecule has 0 amide bonds. The van der Waals surface area contributed by atoms with E-state index in [4.69, 9.17) is 5.73 Å². The number of hydrogen-bond acceptors (Lipinski definition) is 3. The molecule has 4 nitrogen and oxygen atoms in total. The standard InChI is InChI=1S/C8H16N4/c1-4-12-5-7(9)10-8(12)6-11(2)3/h5H,4,6,9H2,1-3H3. The molecule has 2 N–H and O–H groups in total. The normalized spacial score (nSPS) is 11.0. The Morgan fingerprint density at radius 3 is 2.75 bits per heavy atom. The predicted molar refractivity (Wildman–Crippen MR) is 49.7 cm³/mol. The van der Waals surface area contributed by atoms with E-state index in [1.807, 2.05) is 20.3 Å². The fourth-order valence-electron chi connectivity index (χ4n) is 1.16. The molecule has 1 aromatic heterocycles.